The zero-order valence-corrected chi connectivity index (χ0v) is 12.7. The zero-order valence-electron chi connectivity index (χ0n) is 12.0. The van der Waals surface area contributed by atoms with E-state index in [0.29, 0.717) is 10.6 Å². The molecule has 0 fully saturated rings. The van der Waals surface area contributed by atoms with Gasteiger partial charge >= 0.3 is 12.1 Å². The van der Waals surface area contributed by atoms with Gasteiger partial charge in [-0.25, -0.2) is 9.59 Å². The third-order valence-corrected chi connectivity index (χ3v) is 2.72. The van der Waals surface area contributed by atoms with E-state index in [4.69, 9.17) is 21.4 Å². The number of benzene rings is 1. The maximum atomic E-state index is 11.8. The fourth-order valence-corrected chi connectivity index (χ4v) is 1.72. The number of alkyl carbamates (subject to hydrolysis) is 1. The lowest BCUT2D eigenvalue weighted by molar-refractivity contribution is -0.148. The summed E-state index contributed by atoms with van der Waals surface area (Å²) < 4.78 is 5.06. The standard InChI is InChI=1S/C14H18ClNO5/c1-14(2,3)21-13(20)16-10(11(17)12(18)19)8-4-6-9(15)7-5-8/h4-7,10-11,17H,1-3H3,(H,16,20)(H,18,19)/t10-,11-/m0/s1. The van der Waals surface area contributed by atoms with Gasteiger partial charge in [-0.1, -0.05) is 23.7 Å². The number of carboxylic acid groups (broad SMARTS) is 1. The summed E-state index contributed by atoms with van der Waals surface area (Å²) in [6.07, 6.45) is -2.62. The van der Waals surface area contributed by atoms with Gasteiger partial charge in [0.15, 0.2) is 6.10 Å². The minimum atomic E-state index is -1.81. The van der Waals surface area contributed by atoms with Crippen molar-refractivity contribution in [3.8, 4) is 0 Å². The molecule has 0 aromatic heterocycles. The molecule has 0 saturated carbocycles. The molecular weight excluding hydrogens is 298 g/mol. The van der Waals surface area contributed by atoms with Gasteiger partial charge in [-0.3, -0.25) is 0 Å². The van der Waals surface area contributed by atoms with E-state index in [9.17, 15) is 14.7 Å². The lowest BCUT2D eigenvalue weighted by Gasteiger charge is -2.25. The second-order valence-corrected chi connectivity index (χ2v) is 5.89. The highest BCUT2D eigenvalue weighted by molar-refractivity contribution is 6.30. The number of aliphatic hydroxyl groups excluding tert-OH is 1. The van der Waals surface area contributed by atoms with Crippen molar-refractivity contribution in [1.29, 1.82) is 0 Å². The molecule has 21 heavy (non-hydrogen) atoms. The molecule has 0 unspecified atom stereocenters. The number of rotatable bonds is 4. The highest BCUT2D eigenvalue weighted by atomic mass is 35.5. The molecule has 6 nitrogen and oxygen atoms in total. The van der Waals surface area contributed by atoms with Crippen LogP contribution in [0, 0.1) is 0 Å². The van der Waals surface area contributed by atoms with Gasteiger partial charge in [0.05, 0.1) is 6.04 Å². The van der Waals surface area contributed by atoms with Crippen LogP contribution in [-0.2, 0) is 9.53 Å². The second-order valence-electron chi connectivity index (χ2n) is 5.46. The molecule has 0 bridgehead atoms. The first-order valence-electron chi connectivity index (χ1n) is 6.26. The molecule has 1 rings (SSSR count). The normalized spacial score (nSPS) is 14.1. The van der Waals surface area contributed by atoms with Crippen molar-refractivity contribution in [1.82, 2.24) is 5.32 Å². The van der Waals surface area contributed by atoms with Crippen molar-refractivity contribution in [2.24, 2.45) is 0 Å². The summed E-state index contributed by atoms with van der Waals surface area (Å²) in [5, 5.41) is 21.5. The van der Waals surface area contributed by atoms with Crippen molar-refractivity contribution < 1.29 is 24.5 Å². The van der Waals surface area contributed by atoms with Crippen LogP contribution in [0.3, 0.4) is 0 Å². The Balaban J connectivity index is 2.95. The molecule has 2 atom stereocenters. The molecule has 0 spiro atoms. The highest BCUT2D eigenvalue weighted by Crippen LogP contribution is 2.21. The highest BCUT2D eigenvalue weighted by Gasteiger charge is 2.30. The minimum Gasteiger partial charge on any atom is -0.479 e. The number of carboxylic acids is 1. The van der Waals surface area contributed by atoms with E-state index in [-0.39, 0.29) is 0 Å². The predicted molar refractivity (Wildman–Crippen MR) is 77.2 cm³/mol. The van der Waals surface area contributed by atoms with E-state index in [2.05, 4.69) is 5.32 Å². The van der Waals surface area contributed by atoms with Crippen LogP contribution in [0.5, 0.6) is 0 Å². The topological polar surface area (TPSA) is 95.9 Å². The number of nitrogens with one attached hydrogen (secondary N) is 1. The van der Waals surface area contributed by atoms with E-state index in [1.807, 2.05) is 0 Å². The zero-order chi connectivity index (χ0) is 16.2. The number of hydrogen-bond donors (Lipinski definition) is 3. The summed E-state index contributed by atoms with van der Waals surface area (Å²) in [5.74, 6) is -1.45. The lowest BCUT2D eigenvalue weighted by Crippen LogP contribution is -2.42. The first-order chi connectivity index (χ1) is 9.60. The molecule has 0 aliphatic rings. The number of hydrogen-bond acceptors (Lipinski definition) is 4. The molecule has 0 aliphatic heterocycles. The molecule has 1 aromatic rings. The van der Waals surface area contributed by atoms with Crippen LogP contribution in [0.15, 0.2) is 24.3 Å². The number of aliphatic hydroxyl groups is 1. The fourth-order valence-electron chi connectivity index (χ4n) is 1.59. The quantitative estimate of drug-likeness (QED) is 0.792. The Morgan fingerprint density at radius 3 is 2.19 bits per heavy atom. The molecule has 7 heteroatoms. The summed E-state index contributed by atoms with van der Waals surface area (Å²) in [4.78, 5) is 22.8. The van der Waals surface area contributed by atoms with Gasteiger partial charge in [0.25, 0.3) is 0 Å². The van der Waals surface area contributed by atoms with Crippen LogP contribution in [0.4, 0.5) is 4.79 Å². The van der Waals surface area contributed by atoms with E-state index in [1.165, 1.54) is 24.3 Å². The average Bonchev–Trinajstić information content (AvgIpc) is 2.34. The Hall–Kier alpha value is -1.79. The summed E-state index contributed by atoms with van der Waals surface area (Å²) in [6, 6.07) is 4.98. The van der Waals surface area contributed by atoms with E-state index in [0.717, 1.165) is 0 Å². The number of amides is 1. The number of ether oxygens (including phenoxy) is 1. The summed E-state index contributed by atoms with van der Waals surface area (Å²) in [6.45, 7) is 5.03. The fraction of sp³-hybridized carbons (Fsp3) is 0.429. The molecular formula is C14H18ClNO5. The predicted octanol–water partition coefficient (Wildman–Crippen LogP) is 2.35. The number of halogens is 1. The van der Waals surface area contributed by atoms with Crippen molar-refractivity contribution in [2.45, 2.75) is 38.5 Å². The van der Waals surface area contributed by atoms with Gasteiger partial charge < -0.3 is 20.3 Å². The smallest absolute Gasteiger partial charge is 0.408 e. The van der Waals surface area contributed by atoms with Gasteiger partial charge in [0.1, 0.15) is 5.60 Å². The Labute approximate surface area is 127 Å². The number of aliphatic carboxylic acids is 1. The number of carbonyl (C=O) groups excluding carboxylic acids is 1. The van der Waals surface area contributed by atoms with Crippen LogP contribution in [0.2, 0.25) is 5.02 Å². The van der Waals surface area contributed by atoms with Crippen molar-refractivity contribution in [2.75, 3.05) is 0 Å². The van der Waals surface area contributed by atoms with E-state index >= 15 is 0 Å². The molecule has 0 radical (unpaired) electrons. The molecule has 1 aromatic carbocycles. The van der Waals surface area contributed by atoms with Crippen LogP contribution < -0.4 is 5.32 Å². The SMILES string of the molecule is CC(C)(C)OC(=O)N[C@@H](c1ccc(Cl)cc1)[C@H](O)C(=O)O. The Bertz CT molecular complexity index is 509. The van der Waals surface area contributed by atoms with Crippen molar-refractivity contribution in [3.63, 3.8) is 0 Å². The third kappa shape index (κ3) is 5.61. The number of carbonyl (C=O) groups is 2. The van der Waals surface area contributed by atoms with Crippen molar-refractivity contribution >= 4 is 23.7 Å². The van der Waals surface area contributed by atoms with Crippen LogP contribution in [0.1, 0.15) is 32.4 Å². The van der Waals surface area contributed by atoms with E-state index < -0.39 is 29.8 Å². The van der Waals surface area contributed by atoms with Gasteiger partial charge in [0.2, 0.25) is 0 Å². The Kier molecular flexibility index (Phi) is 5.57. The lowest BCUT2D eigenvalue weighted by atomic mass is 10.0. The largest absolute Gasteiger partial charge is 0.479 e. The summed E-state index contributed by atoms with van der Waals surface area (Å²) in [5.41, 5.74) is -0.330. The van der Waals surface area contributed by atoms with Gasteiger partial charge in [-0.05, 0) is 38.5 Å². The minimum absolute atomic E-state index is 0.403. The summed E-state index contributed by atoms with van der Waals surface area (Å²) >= 11 is 5.76. The summed E-state index contributed by atoms with van der Waals surface area (Å²) in [7, 11) is 0. The van der Waals surface area contributed by atoms with Gasteiger partial charge in [0, 0.05) is 5.02 Å². The van der Waals surface area contributed by atoms with Crippen LogP contribution >= 0.6 is 11.6 Å². The third-order valence-electron chi connectivity index (χ3n) is 2.47. The Morgan fingerprint density at radius 1 is 1.24 bits per heavy atom. The monoisotopic (exact) mass is 315 g/mol. The van der Waals surface area contributed by atoms with Crippen LogP contribution in [0.25, 0.3) is 0 Å². The maximum Gasteiger partial charge on any atom is 0.408 e. The molecule has 3 N–H and O–H groups in total. The van der Waals surface area contributed by atoms with E-state index in [1.54, 1.807) is 20.8 Å². The Morgan fingerprint density at radius 2 is 1.76 bits per heavy atom. The first-order valence-corrected chi connectivity index (χ1v) is 6.64. The average molecular weight is 316 g/mol. The molecule has 1 amide bonds. The maximum absolute atomic E-state index is 11.8. The van der Waals surface area contributed by atoms with Crippen LogP contribution in [-0.4, -0.2) is 34.0 Å². The van der Waals surface area contributed by atoms with Gasteiger partial charge in [-0.2, -0.15) is 0 Å². The second kappa shape index (κ2) is 6.78. The molecule has 116 valence electrons. The van der Waals surface area contributed by atoms with Crippen molar-refractivity contribution in [3.05, 3.63) is 34.9 Å². The molecule has 0 aliphatic carbocycles. The van der Waals surface area contributed by atoms with Gasteiger partial charge in [-0.15, -0.1) is 0 Å². The molecule has 0 saturated heterocycles. The first kappa shape index (κ1) is 17.3. The molecule has 0 heterocycles.